The van der Waals surface area contributed by atoms with Crippen molar-refractivity contribution >= 4 is 0 Å². The zero-order valence-electron chi connectivity index (χ0n) is 11.8. The summed E-state index contributed by atoms with van der Waals surface area (Å²) in [7, 11) is 2.26. The second-order valence-corrected chi connectivity index (χ2v) is 6.34. The Bertz CT molecular complexity index is 230. The van der Waals surface area contributed by atoms with Crippen LogP contribution in [0.3, 0.4) is 0 Å². The van der Waals surface area contributed by atoms with E-state index in [0.29, 0.717) is 6.04 Å². The molecule has 2 rings (SSSR count). The Hall–Kier alpha value is -0.120. The maximum absolute atomic E-state index is 3.67. The molecule has 0 aliphatic carbocycles. The van der Waals surface area contributed by atoms with Gasteiger partial charge in [-0.1, -0.05) is 13.8 Å². The number of rotatable bonds is 4. The van der Waals surface area contributed by atoms with Gasteiger partial charge in [0.15, 0.2) is 0 Å². The Morgan fingerprint density at radius 1 is 1.18 bits per heavy atom. The number of piperidine rings is 1. The van der Waals surface area contributed by atoms with Crippen LogP contribution in [0.4, 0.5) is 0 Å². The predicted octanol–water partition coefficient (Wildman–Crippen LogP) is 1.40. The lowest BCUT2D eigenvalue weighted by Gasteiger charge is -2.32. The molecule has 2 aliphatic rings. The minimum atomic E-state index is 0.626. The Morgan fingerprint density at radius 2 is 2.00 bits per heavy atom. The van der Waals surface area contributed by atoms with E-state index in [2.05, 4.69) is 36.0 Å². The summed E-state index contributed by atoms with van der Waals surface area (Å²) in [5.41, 5.74) is 0. The van der Waals surface area contributed by atoms with E-state index in [1.54, 1.807) is 0 Å². The van der Waals surface area contributed by atoms with Crippen LogP contribution in [0.5, 0.6) is 0 Å². The average molecular weight is 239 g/mol. The van der Waals surface area contributed by atoms with Crippen LogP contribution in [0.15, 0.2) is 0 Å². The van der Waals surface area contributed by atoms with E-state index >= 15 is 0 Å². The summed E-state index contributed by atoms with van der Waals surface area (Å²) >= 11 is 0. The summed E-state index contributed by atoms with van der Waals surface area (Å²) in [6.45, 7) is 11.0. The number of likely N-dealkylation sites (tertiary alicyclic amines) is 2. The van der Waals surface area contributed by atoms with Crippen molar-refractivity contribution < 1.29 is 0 Å². The smallest absolute Gasteiger partial charge is 0.0209 e. The first-order valence-electron chi connectivity index (χ1n) is 7.30. The highest BCUT2D eigenvalue weighted by Gasteiger charge is 2.26. The molecule has 2 heterocycles. The van der Waals surface area contributed by atoms with E-state index in [1.807, 2.05) is 0 Å². The molecule has 0 radical (unpaired) electrons. The lowest BCUT2D eigenvalue weighted by Crippen LogP contribution is -2.40. The van der Waals surface area contributed by atoms with Gasteiger partial charge >= 0.3 is 0 Å². The van der Waals surface area contributed by atoms with Gasteiger partial charge in [-0.05, 0) is 45.3 Å². The van der Waals surface area contributed by atoms with Crippen molar-refractivity contribution in [3.8, 4) is 0 Å². The second-order valence-electron chi connectivity index (χ2n) is 6.34. The highest BCUT2D eigenvalue weighted by Crippen LogP contribution is 2.19. The molecule has 2 saturated heterocycles. The van der Waals surface area contributed by atoms with Crippen LogP contribution < -0.4 is 5.32 Å². The van der Waals surface area contributed by atoms with Crippen LogP contribution in [-0.4, -0.2) is 61.7 Å². The van der Waals surface area contributed by atoms with Gasteiger partial charge in [0.05, 0.1) is 0 Å². The quantitative estimate of drug-likeness (QED) is 0.800. The largest absolute Gasteiger partial charge is 0.310 e. The lowest BCUT2D eigenvalue weighted by molar-refractivity contribution is 0.164. The van der Waals surface area contributed by atoms with Crippen LogP contribution in [-0.2, 0) is 0 Å². The van der Waals surface area contributed by atoms with Crippen molar-refractivity contribution in [2.45, 2.75) is 45.2 Å². The first-order valence-corrected chi connectivity index (χ1v) is 7.30. The van der Waals surface area contributed by atoms with Gasteiger partial charge in [-0.25, -0.2) is 0 Å². The third kappa shape index (κ3) is 4.23. The minimum Gasteiger partial charge on any atom is -0.310 e. The monoisotopic (exact) mass is 239 g/mol. The number of hydrogen-bond donors (Lipinski definition) is 1. The molecule has 0 bridgehead atoms. The fourth-order valence-electron chi connectivity index (χ4n) is 3.39. The molecule has 17 heavy (non-hydrogen) atoms. The highest BCUT2D eigenvalue weighted by molar-refractivity contribution is 4.84. The van der Waals surface area contributed by atoms with Gasteiger partial charge in [0, 0.05) is 31.7 Å². The normalized spacial score (nSPS) is 32.5. The van der Waals surface area contributed by atoms with Gasteiger partial charge in [-0.15, -0.1) is 0 Å². The topological polar surface area (TPSA) is 18.5 Å². The summed E-state index contributed by atoms with van der Waals surface area (Å²) in [5, 5.41) is 3.67. The fourth-order valence-corrected chi connectivity index (χ4v) is 3.39. The maximum Gasteiger partial charge on any atom is 0.0209 e. The molecule has 0 aromatic rings. The van der Waals surface area contributed by atoms with Gasteiger partial charge in [-0.3, -0.25) is 0 Å². The number of hydrogen-bond acceptors (Lipinski definition) is 3. The Kier molecular flexibility index (Phi) is 4.83. The van der Waals surface area contributed by atoms with Crippen LogP contribution in [0.1, 0.15) is 33.1 Å². The molecule has 2 fully saturated rings. The van der Waals surface area contributed by atoms with Crippen LogP contribution >= 0.6 is 0 Å². The van der Waals surface area contributed by atoms with Crippen molar-refractivity contribution in [2.75, 3.05) is 39.8 Å². The predicted molar refractivity (Wildman–Crippen MR) is 73.3 cm³/mol. The van der Waals surface area contributed by atoms with Crippen LogP contribution in [0.2, 0.25) is 0 Å². The minimum absolute atomic E-state index is 0.626. The van der Waals surface area contributed by atoms with E-state index in [4.69, 9.17) is 0 Å². The number of nitrogens with one attached hydrogen (secondary N) is 1. The zero-order chi connectivity index (χ0) is 12.3. The Labute approximate surface area is 107 Å². The molecule has 0 aromatic heterocycles. The van der Waals surface area contributed by atoms with E-state index in [1.165, 1.54) is 52.0 Å². The molecule has 0 aromatic carbocycles. The first kappa shape index (κ1) is 13.3. The lowest BCUT2D eigenvalue weighted by atomic mass is 9.98. The molecule has 1 N–H and O–H groups in total. The molecule has 2 atom stereocenters. The van der Waals surface area contributed by atoms with Gasteiger partial charge in [0.2, 0.25) is 0 Å². The third-order valence-corrected chi connectivity index (χ3v) is 4.08. The summed E-state index contributed by atoms with van der Waals surface area (Å²) in [4.78, 5) is 5.16. The second kappa shape index (κ2) is 6.17. The van der Waals surface area contributed by atoms with Gasteiger partial charge in [-0.2, -0.15) is 0 Å². The Morgan fingerprint density at radius 3 is 2.71 bits per heavy atom. The molecular formula is C14H29N3. The van der Waals surface area contributed by atoms with E-state index in [9.17, 15) is 0 Å². The number of nitrogens with zero attached hydrogens (tertiary/aromatic N) is 2. The van der Waals surface area contributed by atoms with E-state index in [-0.39, 0.29) is 0 Å². The summed E-state index contributed by atoms with van der Waals surface area (Å²) in [5.74, 6) is 0.909. The van der Waals surface area contributed by atoms with Crippen molar-refractivity contribution in [2.24, 2.45) is 5.92 Å². The van der Waals surface area contributed by atoms with E-state index in [0.717, 1.165) is 12.0 Å². The van der Waals surface area contributed by atoms with Crippen molar-refractivity contribution in [1.29, 1.82) is 0 Å². The zero-order valence-corrected chi connectivity index (χ0v) is 11.8. The molecule has 100 valence electrons. The molecule has 0 spiro atoms. The molecule has 0 saturated carbocycles. The SMILES string of the molecule is CC(C)NC1CCN(CC2CCCN(C)C2)C1. The van der Waals surface area contributed by atoms with Crippen molar-refractivity contribution in [1.82, 2.24) is 15.1 Å². The van der Waals surface area contributed by atoms with Gasteiger partial charge in [0.25, 0.3) is 0 Å². The molecule has 0 amide bonds. The summed E-state index contributed by atoms with van der Waals surface area (Å²) in [6, 6.07) is 1.36. The van der Waals surface area contributed by atoms with Gasteiger partial charge in [0.1, 0.15) is 0 Å². The van der Waals surface area contributed by atoms with Gasteiger partial charge < -0.3 is 15.1 Å². The molecule has 2 unspecified atom stereocenters. The van der Waals surface area contributed by atoms with Crippen LogP contribution in [0, 0.1) is 5.92 Å². The molecular weight excluding hydrogens is 210 g/mol. The third-order valence-electron chi connectivity index (χ3n) is 4.08. The standard InChI is InChI=1S/C14H29N3/c1-12(2)15-14-6-8-17(11-14)10-13-5-4-7-16(3)9-13/h12-15H,4-11H2,1-3H3. The van der Waals surface area contributed by atoms with Crippen LogP contribution in [0.25, 0.3) is 0 Å². The maximum atomic E-state index is 3.67. The highest BCUT2D eigenvalue weighted by atomic mass is 15.2. The molecule has 3 heteroatoms. The van der Waals surface area contributed by atoms with Crippen molar-refractivity contribution in [3.63, 3.8) is 0 Å². The Balaban J connectivity index is 1.70. The molecule has 2 aliphatic heterocycles. The molecule has 3 nitrogen and oxygen atoms in total. The summed E-state index contributed by atoms with van der Waals surface area (Å²) in [6.07, 6.45) is 4.16. The fraction of sp³-hybridized carbons (Fsp3) is 1.00. The average Bonchev–Trinajstić information content (AvgIpc) is 2.64. The first-order chi connectivity index (χ1) is 8.13. The van der Waals surface area contributed by atoms with Crippen molar-refractivity contribution in [3.05, 3.63) is 0 Å². The van der Waals surface area contributed by atoms with E-state index < -0.39 is 0 Å². The summed E-state index contributed by atoms with van der Waals surface area (Å²) < 4.78 is 0.